The molecular formula is C22H38O2. The standard InChI is InChI=1S/C22H38O2/c1-17-3-9-21(10-4-17)11-5-19(6-12-21)20-7-13-22(14-8-20)15-23-18(2)24-16-22/h17-20H,3-16H2,1-2H3. The molecule has 3 saturated carbocycles. The minimum absolute atomic E-state index is 0.0149. The van der Waals surface area contributed by atoms with Crippen LogP contribution in [-0.4, -0.2) is 19.5 Å². The summed E-state index contributed by atoms with van der Waals surface area (Å²) in [5.41, 5.74) is 1.12. The van der Waals surface area contributed by atoms with Gasteiger partial charge in [-0.25, -0.2) is 0 Å². The molecule has 3 aliphatic carbocycles. The molecule has 2 spiro atoms. The molecule has 1 heterocycles. The van der Waals surface area contributed by atoms with Crippen molar-refractivity contribution in [3.63, 3.8) is 0 Å². The van der Waals surface area contributed by atoms with Crippen LogP contribution in [0.5, 0.6) is 0 Å². The lowest BCUT2D eigenvalue weighted by Crippen LogP contribution is -2.44. The number of hydrogen-bond donors (Lipinski definition) is 0. The zero-order valence-electron chi connectivity index (χ0n) is 16.0. The topological polar surface area (TPSA) is 18.5 Å². The van der Waals surface area contributed by atoms with Crippen LogP contribution in [0, 0.1) is 28.6 Å². The van der Waals surface area contributed by atoms with Crippen LogP contribution >= 0.6 is 0 Å². The molecule has 4 rings (SSSR count). The molecule has 0 atom stereocenters. The largest absolute Gasteiger partial charge is 0.352 e. The Kier molecular flexibility index (Phi) is 4.99. The average Bonchev–Trinajstić information content (AvgIpc) is 2.62. The lowest BCUT2D eigenvalue weighted by atomic mass is 9.58. The van der Waals surface area contributed by atoms with Gasteiger partial charge in [0, 0.05) is 5.41 Å². The van der Waals surface area contributed by atoms with Gasteiger partial charge in [0.1, 0.15) is 0 Å². The predicted octanol–water partition coefficient (Wildman–Crippen LogP) is 5.94. The van der Waals surface area contributed by atoms with E-state index in [4.69, 9.17) is 9.47 Å². The third-order valence-corrected chi connectivity index (χ3v) is 8.43. The first-order valence-electron chi connectivity index (χ1n) is 10.8. The maximum atomic E-state index is 5.81. The van der Waals surface area contributed by atoms with Crippen molar-refractivity contribution >= 4 is 0 Å². The highest BCUT2D eigenvalue weighted by atomic mass is 16.7. The van der Waals surface area contributed by atoms with E-state index >= 15 is 0 Å². The minimum Gasteiger partial charge on any atom is -0.352 e. The summed E-state index contributed by atoms with van der Waals surface area (Å²) in [5, 5.41) is 0. The molecular weight excluding hydrogens is 296 g/mol. The van der Waals surface area contributed by atoms with E-state index in [0.29, 0.717) is 5.41 Å². The molecule has 0 N–H and O–H groups in total. The van der Waals surface area contributed by atoms with E-state index in [1.165, 1.54) is 77.0 Å². The predicted molar refractivity (Wildman–Crippen MR) is 97.8 cm³/mol. The van der Waals surface area contributed by atoms with E-state index in [2.05, 4.69) is 6.92 Å². The zero-order valence-corrected chi connectivity index (χ0v) is 16.0. The zero-order chi connectivity index (χ0) is 16.6. The summed E-state index contributed by atoms with van der Waals surface area (Å²) in [6, 6.07) is 0. The smallest absolute Gasteiger partial charge is 0.154 e. The Labute approximate surface area is 149 Å². The van der Waals surface area contributed by atoms with Gasteiger partial charge in [-0.2, -0.15) is 0 Å². The fraction of sp³-hybridized carbons (Fsp3) is 1.00. The van der Waals surface area contributed by atoms with E-state index < -0.39 is 0 Å². The molecule has 0 amide bonds. The lowest BCUT2D eigenvalue weighted by Gasteiger charge is -2.49. The highest BCUT2D eigenvalue weighted by molar-refractivity contribution is 4.94. The van der Waals surface area contributed by atoms with Crippen LogP contribution in [0.3, 0.4) is 0 Å². The van der Waals surface area contributed by atoms with Crippen molar-refractivity contribution in [2.75, 3.05) is 13.2 Å². The fourth-order valence-corrected chi connectivity index (χ4v) is 6.29. The van der Waals surface area contributed by atoms with Crippen LogP contribution < -0.4 is 0 Å². The van der Waals surface area contributed by atoms with Gasteiger partial charge in [-0.3, -0.25) is 0 Å². The van der Waals surface area contributed by atoms with Crippen molar-refractivity contribution in [2.45, 2.75) is 97.2 Å². The Morgan fingerprint density at radius 2 is 1.00 bits per heavy atom. The Balaban J connectivity index is 1.26. The second-order valence-electron chi connectivity index (χ2n) is 10.0. The van der Waals surface area contributed by atoms with Gasteiger partial charge in [0.05, 0.1) is 13.2 Å². The highest BCUT2D eigenvalue weighted by Crippen LogP contribution is 2.53. The van der Waals surface area contributed by atoms with E-state index in [0.717, 1.165) is 36.4 Å². The molecule has 0 aromatic heterocycles. The number of ether oxygens (including phenoxy) is 2. The van der Waals surface area contributed by atoms with E-state index in [9.17, 15) is 0 Å². The Bertz CT molecular complexity index is 356. The number of hydrogen-bond acceptors (Lipinski definition) is 2. The molecule has 0 aromatic carbocycles. The van der Waals surface area contributed by atoms with Crippen molar-refractivity contribution in [3.05, 3.63) is 0 Å². The maximum absolute atomic E-state index is 5.81. The Hall–Kier alpha value is -0.0800. The monoisotopic (exact) mass is 334 g/mol. The van der Waals surface area contributed by atoms with Crippen molar-refractivity contribution in [3.8, 4) is 0 Å². The number of rotatable bonds is 1. The molecule has 4 aliphatic rings. The Morgan fingerprint density at radius 1 is 0.583 bits per heavy atom. The van der Waals surface area contributed by atoms with Crippen LogP contribution in [-0.2, 0) is 9.47 Å². The van der Waals surface area contributed by atoms with Crippen molar-refractivity contribution in [1.82, 2.24) is 0 Å². The van der Waals surface area contributed by atoms with Gasteiger partial charge in [0.15, 0.2) is 6.29 Å². The molecule has 24 heavy (non-hydrogen) atoms. The van der Waals surface area contributed by atoms with Gasteiger partial charge in [0.25, 0.3) is 0 Å². The molecule has 1 aliphatic heterocycles. The summed E-state index contributed by atoms with van der Waals surface area (Å²) in [6.45, 7) is 6.36. The lowest BCUT2D eigenvalue weighted by molar-refractivity contribution is -0.229. The van der Waals surface area contributed by atoms with Gasteiger partial charge in [0.2, 0.25) is 0 Å². The average molecular weight is 335 g/mol. The van der Waals surface area contributed by atoms with Gasteiger partial charge in [-0.05, 0) is 94.3 Å². The molecule has 1 saturated heterocycles. The summed E-state index contributed by atoms with van der Waals surface area (Å²) in [7, 11) is 0. The molecule has 4 fully saturated rings. The molecule has 0 bridgehead atoms. The van der Waals surface area contributed by atoms with Crippen LogP contribution in [0.1, 0.15) is 90.9 Å². The molecule has 138 valence electrons. The molecule has 2 nitrogen and oxygen atoms in total. The SMILES string of the molecule is CC1CCC2(CC1)CCC(C1CCC3(CC1)COC(C)OC3)CC2. The molecule has 0 aromatic rings. The first-order valence-corrected chi connectivity index (χ1v) is 10.8. The van der Waals surface area contributed by atoms with E-state index in [-0.39, 0.29) is 6.29 Å². The molecule has 0 radical (unpaired) electrons. The molecule has 0 unspecified atom stereocenters. The van der Waals surface area contributed by atoms with Gasteiger partial charge in [-0.1, -0.05) is 19.8 Å². The summed E-state index contributed by atoms with van der Waals surface area (Å²) in [5.74, 6) is 3.01. The van der Waals surface area contributed by atoms with Crippen molar-refractivity contribution in [1.29, 1.82) is 0 Å². The highest BCUT2D eigenvalue weighted by Gasteiger charge is 2.43. The quantitative estimate of drug-likeness (QED) is 0.590. The normalized spacial score (nSPS) is 50.2. The van der Waals surface area contributed by atoms with Crippen LogP contribution in [0.25, 0.3) is 0 Å². The third-order valence-electron chi connectivity index (χ3n) is 8.43. The summed E-state index contributed by atoms with van der Waals surface area (Å²) < 4.78 is 11.6. The van der Waals surface area contributed by atoms with Gasteiger partial charge < -0.3 is 9.47 Å². The van der Waals surface area contributed by atoms with Gasteiger partial charge in [-0.15, -0.1) is 0 Å². The fourth-order valence-electron chi connectivity index (χ4n) is 6.29. The second kappa shape index (κ2) is 6.91. The summed E-state index contributed by atoms with van der Waals surface area (Å²) >= 11 is 0. The van der Waals surface area contributed by atoms with Crippen LogP contribution in [0.15, 0.2) is 0 Å². The van der Waals surface area contributed by atoms with Crippen molar-refractivity contribution in [2.24, 2.45) is 28.6 Å². The van der Waals surface area contributed by atoms with Gasteiger partial charge >= 0.3 is 0 Å². The van der Waals surface area contributed by atoms with Crippen LogP contribution in [0.4, 0.5) is 0 Å². The molecule has 2 heteroatoms. The first kappa shape index (κ1) is 17.3. The maximum Gasteiger partial charge on any atom is 0.154 e. The van der Waals surface area contributed by atoms with E-state index in [1.807, 2.05) is 6.92 Å². The van der Waals surface area contributed by atoms with E-state index in [1.54, 1.807) is 0 Å². The first-order chi connectivity index (χ1) is 11.6. The van der Waals surface area contributed by atoms with Crippen molar-refractivity contribution < 1.29 is 9.47 Å². The summed E-state index contributed by atoms with van der Waals surface area (Å²) in [6.07, 6.45) is 17.7. The summed E-state index contributed by atoms with van der Waals surface area (Å²) in [4.78, 5) is 0. The van der Waals surface area contributed by atoms with Crippen LogP contribution in [0.2, 0.25) is 0 Å². The second-order valence-corrected chi connectivity index (χ2v) is 10.0. The Morgan fingerprint density at radius 3 is 1.50 bits per heavy atom. The third kappa shape index (κ3) is 3.56. The minimum atomic E-state index is 0.0149.